The zero-order valence-electron chi connectivity index (χ0n) is 11.6. The Morgan fingerprint density at radius 3 is 2.78 bits per heavy atom. The van der Waals surface area contributed by atoms with Gasteiger partial charge in [-0.3, -0.25) is 0 Å². The van der Waals surface area contributed by atoms with Gasteiger partial charge in [-0.2, -0.15) is 0 Å². The number of para-hydroxylation sites is 1. The summed E-state index contributed by atoms with van der Waals surface area (Å²) < 4.78 is 5.86. The van der Waals surface area contributed by atoms with E-state index in [-0.39, 0.29) is 6.10 Å². The van der Waals surface area contributed by atoms with Crippen molar-refractivity contribution in [3.8, 4) is 5.75 Å². The van der Waals surface area contributed by atoms with Crippen molar-refractivity contribution in [2.45, 2.75) is 39.7 Å². The maximum atomic E-state index is 5.86. The van der Waals surface area contributed by atoms with E-state index in [1.165, 1.54) is 12.8 Å². The second kappa shape index (κ2) is 5.98. The van der Waals surface area contributed by atoms with Gasteiger partial charge in [0.25, 0.3) is 0 Å². The van der Waals surface area contributed by atoms with E-state index in [0.717, 1.165) is 30.2 Å². The van der Waals surface area contributed by atoms with Crippen molar-refractivity contribution in [2.75, 3.05) is 23.7 Å². The predicted molar refractivity (Wildman–Crippen MR) is 77.6 cm³/mol. The first kappa shape index (κ1) is 13.1. The maximum absolute atomic E-state index is 5.86. The van der Waals surface area contributed by atoms with Crippen molar-refractivity contribution in [2.24, 2.45) is 5.92 Å². The van der Waals surface area contributed by atoms with Gasteiger partial charge in [0.2, 0.25) is 0 Å². The largest absolute Gasteiger partial charge is 0.489 e. The molecule has 1 heterocycles. The van der Waals surface area contributed by atoms with E-state index in [9.17, 15) is 0 Å². The van der Waals surface area contributed by atoms with E-state index >= 15 is 0 Å². The average Bonchev–Trinajstić information content (AvgIpc) is 2.53. The lowest BCUT2D eigenvalue weighted by atomic mass is 10.0. The lowest BCUT2D eigenvalue weighted by Gasteiger charge is -2.17. The number of hydrogen-bond acceptors (Lipinski definition) is 3. The molecule has 18 heavy (non-hydrogen) atoms. The van der Waals surface area contributed by atoms with Crippen molar-refractivity contribution < 1.29 is 4.74 Å². The SMILES string of the molecule is CCCC1CNc2cccc(OC(C)C)c2NC1. The summed E-state index contributed by atoms with van der Waals surface area (Å²) >= 11 is 0. The van der Waals surface area contributed by atoms with Crippen molar-refractivity contribution in [1.29, 1.82) is 0 Å². The molecule has 1 aromatic carbocycles. The highest BCUT2D eigenvalue weighted by Crippen LogP contribution is 2.35. The lowest BCUT2D eigenvalue weighted by Crippen LogP contribution is -2.18. The van der Waals surface area contributed by atoms with Gasteiger partial charge >= 0.3 is 0 Å². The molecular formula is C15H24N2O. The van der Waals surface area contributed by atoms with E-state index in [0.29, 0.717) is 5.92 Å². The first-order chi connectivity index (χ1) is 8.70. The zero-order chi connectivity index (χ0) is 13.0. The fraction of sp³-hybridized carbons (Fsp3) is 0.600. The zero-order valence-corrected chi connectivity index (χ0v) is 11.6. The van der Waals surface area contributed by atoms with Crippen LogP contribution in [0.2, 0.25) is 0 Å². The van der Waals surface area contributed by atoms with Gasteiger partial charge in [0.05, 0.1) is 11.8 Å². The minimum atomic E-state index is 0.202. The van der Waals surface area contributed by atoms with Gasteiger partial charge in [-0.15, -0.1) is 0 Å². The highest BCUT2D eigenvalue weighted by Gasteiger charge is 2.17. The second-order valence-electron chi connectivity index (χ2n) is 5.26. The normalized spacial score (nSPS) is 18.6. The Hall–Kier alpha value is -1.38. The molecule has 100 valence electrons. The minimum Gasteiger partial charge on any atom is -0.489 e. The molecule has 0 amide bonds. The van der Waals surface area contributed by atoms with Gasteiger partial charge < -0.3 is 15.4 Å². The molecule has 1 unspecified atom stereocenters. The summed E-state index contributed by atoms with van der Waals surface area (Å²) in [5, 5.41) is 7.08. The first-order valence-corrected chi connectivity index (χ1v) is 6.98. The van der Waals surface area contributed by atoms with E-state index in [2.05, 4.69) is 37.5 Å². The predicted octanol–water partition coefficient (Wildman–Crippen LogP) is 3.73. The number of fused-ring (bicyclic) bond motifs is 1. The standard InChI is InChI=1S/C15H24N2O/c1-4-6-12-9-16-13-7-5-8-14(18-11(2)3)15(13)17-10-12/h5,7-8,11-12,16-17H,4,6,9-10H2,1-3H3. The van der Waals surface area contributed by atoms with Crippen molar-refractivity contribution in [1.82, 2.24) is 0 Å². The number of ether oxygens (including phenoxy) is 1. The van der Waals surface area contributed by atoms with Gasteiger partial charge in [-0.05, 0) is 38.3 Å². The number of anilines is 2. The van der Waals surface area contributed by atoms with Gasteiger partial charge in [0.1, 0.15) is 11.4 Å². The third-order valence-corrected chi connectivity index (χ3v) is 3.23. The van der Waals surface area contributed by atoms with Crippen LogP contribution >= 0.6 is 0 Å². The van der Waals surface area contributed by atoms with E-state index in [1.54, 1.807) is 0 Å². The van der Waals surface area contributed by atoms with Crippen LogP contribution in [0.1, 0.15) is 33.6 Å². The van der Waals surface area contributed by atoms with Crippen LogP contribution in [-0.4, -0.2) is 19.2 Å². The van der Waals surface area contributed by atoms with Crippen molar-refractivity contribution >= 4 is 11.4 Å². The van der Waals surface area contributed by atoms with Gasteiger partial charge in [-0.25, -0.2) is 0 Å². The second-order valence-corrected chi connectivity index (χ2v) is 5.26. The molecule has 0 saturated heterocycles. The molecule has 3 nitrogen and oxygen atoms in total. The monoisotopic (exact) mass is 248 g/mol. The van der Waals surface area contributed by atoms with Crippen LogP contribution in [0, 0.1) is 5.92 Å². The Morgan fingerprint density at radius 1 is 1.28 bits per heavy atom. The van der Waals surface area contributed by atoms with Crippen LogP contribution in [0.5, 0.6) is 5.75 Å². The molecule has 2 N–H and O–H groups in total. The molecule has 0 fully saturated rings. The molecule has 1 atom stereocenters. The summed E-state index contributed by atoms with van der Waals surface area (Å²) in [4.78, 5) is 0. The molecule has 0 saturated carbocycles. The maximum Gasteiger partial charge on any atom is 0.144 e. The first-order valence-electron chi connectivity index (χ1n) is 6.98. The summed E-state index contributed by atoms with van der Waals surface area (Å²) in [6, 6.07) is 6.20. The summed E-state index contributed by atoms with van der Waals surface area (Å²) in [5.74, 6) is 1.64. The molecule has 1 aromatic rings. The highest BCUT2D eigenvalue weighted by molar-refractivity contribution is 5.76. The van der Waals surface area contributed by atoms with Gasteiger partial charge in [0.15, 0.2) is 0 Å². The van der Waals surface area contributed by atoms with Crippen LogP contribution in [-0.2, 0) is 0 Å². The van der Waals surface area contributed by atoms with E-state index in [1.807, 2.05) is 12.1 Å². The van der Waals surface area contributed by atoms with Crippen molar-refractivity contribution in [3.05, 3.63) is 18.2 Å². The fourth-order valence-corrected chi connectivity index (χ4v) is 2.40. The third-order valence-electron chi connectivity index (χ3n) is 3.23. The quantitative estimate of drug-likeness (QED) is 0.852. The van der Waals surface area contributed by atoms with Gasteiger partial charge in [-0.1, -0.05) is 19.4 Å². The number of benzene rings is 1. The molecule has 1 aliphatic rings. The van der Waals surface area contributed by atoms with Crippen LogP contribution < -0.4 is 15.4 Å². The van der Waals surface area contributed by atoms with Crippen LogP contribution in [0.4, 0.5) is 11.4 Å². The molecule has 0 spiro atoms. The Balaban J connectivity index is 2.16. The molecule has 0 aliphatic carbocycles. The van der Waals surface area contributed by atoms with Crippen LogP contribution in [0.15, 0.2) is 18.2 Å². The Labute approximate surface area is 110 Å². The molecule has 2 rings (SSSR count). The number of hydrogen-bond donors (Lipinski definition) is 2. The average molecular weight is 248 g/mol. The summed E-state index contributed by atoms with van der Waals surface area (Å²) in [7, 11) is 0. The Morgan fingerprint density at radius 2 is 2.06 bits per heavy atom. The summed E-state index contributed by atoms with van der Waals surface area (Å²) in [6.07, 6.45) is 2.70. The highest BCUT2D eigenvalue weighted by atomic mass is 16.5. The van der Waals surface area contributed by atoms with Crippen LogP contribution in [0.3, 0.4) is 0 Å². The van der Waals surface area contributed by atoms with Crippen molar-refractivity contribution in [3.63, 3.8) is 0 Å². The number of nitrogens with one attached hydrogen (secondary N) is 2. The minimum absolute atomic E-state index is 0.202. The summed E-state index contributed by atoms with van der Waals surface area (Å²) in [6.45, 7) is 8.42. The molecule has 0 bridgehead atoms. The Kier molecular flexibility index (Phi) is 4.34. The lowest BCUT2D eigenvalue weighted by molar-refractivity contribution is 0.244. The molecule has 3 heteroatoms. The number of rotatable bonds is 4. The van der Waals surface area contributed by atoms with E-state index < -0.39 is 0 Å². The topological polar surface area (TPSA) is 33.3 Å². The van der Waals surface area contributed by atoms with E-state index in [4.69, 9.17) is 4.74 Å². The molecular weight excluding hydrogens is 224 g/mol. The molecule has 0 radical (unpaired) electrons. The fourth-order valence-electron chi connectivity index (χ4n) is 2.40. The smallest absolute Gasteiger partial charge is 0.144 e. The molecule has 0 aromatic heterocycles. The van der Waals surface area contributed by atoms with Gasteiger partial charge in [0, 0.05) is 13.1 Å². The third kappa shape index (κ3) is 3.09. The summed E-state index contributed by atoms with van der Waals surface area (Å²) in [5.41, 5.74) is 2.27. The molecule has 1 aliphatic heterocycles. The Bertz CT molecular complexity index is 390. The van der Waals surface area contributed by atoms with Crippen LogP contribution in [0.25, 0.3) is 0 Å².